The molecule has 1 amide bonds. The Balaban J connectivity index is 2.08. The van der Waals surface area contributed by atoms with Crippen molar-refractivity contribution in [3.05, 3.63) is 24.3 Å². The van der Waals surface area contributed by atoms with Crippen LogP contribution in [0.1, 0.15) is 19.8 Å². The van der Waals surface area contributed by atoms with E-state index in [1.54, 1.807) is 6.92 Å². The van der Waals surface area contributed by atoms with Gasteiger partial charge in [0.15, 0.2) is 0 Å². The van der Waals surface area contributed by atoms with Crippen molar-refractivity contribution in [2.24, 2.45) is 5.73 Å². The molecular formula is C13H19N3O. The molecule has 0 aromatic heterocycles. The third kappa shape index (κ3) is 2.97. The van der Waals surface area contributed by atoms with Gasteiger partial charge < -0.3 is 16.0 Å². The second kappa shape index (κ2) is 5.19. The van der Waals surface area contributed by atoms with Crippen LogP contribution in [0.25, 0.3) is 0 Å². The van der Waals surface area contributed by atoms with E-state index in [0.717, 1.165) is 18.8 Å². The standard InChI is InChI=1S/C13H19N3O/c1-10(14)13(17)15-11-5-4-6-12(9-11)16-7-2-3-8-16/h4-6,9-10H,2-3,7-8,14H2,1H3,(H,15,17)/t10-/m0/s1. The van der Waals surface area contributed by atoms with Crippen molar-refractivity contribution < 1.29 is 4.79 Å². The van der Waals surface area contributed by atoms with Gasteiger partial charge in [-0.1, -0.05) is 6.07 Å². The Morgan fingerprint density at radius 3 is 2.76 bits per heavy atom. The highest BCUT2D eigenvalue weighted by Gasteiger charge is 2.13. The zero-order valence-corrected chi connectivity index (χ0v) is 10.1. The fraction of sp³-hybridized carbons (Fsp3) is 0.462. The van der Waals surface area contributed by atoms with Crippen molar-refractivity contribution in [2.45, 2.75) is 25.8 Å². The number of benzene rings is 1. The number of carbonyl (C=O) groups excluding carboxylic acids is 1. The number of anilines is 2. The van der Waals surface area contributed by atoms with E-state index in [-0.39, 0.29) is 5.91 Å². The summed E-state index contributed by atoms with van der Waals surface area (Å²) in [7, 11) is 0. The van der Waals surface area contributed by atoms with Gasteiger partial charge in [-0.15, -0.1) is 0 Å². The number of carbonyl (C=O) groups is 1. The van der Waals surface area contributed by atoms with Gasteiger partial charge in [-0.05, 0) is 38.0 Å². The lowest BCUT2D eigenvalue weighted by atomic mass is 10.2. The molecule has 1 aliphatic heterocycles. The smallest absolute Gasteiger partial charge is 0.240 e. The first-order valence-electron chi connectivity index (χ1n) is 6.08. The Bertz CT molecular complexity index is 397. The first kappa shape index (κ1) is 11.9. The minimum atomic E-state index is -0.481. The maximum absolute atomic E-state index is 11.5. The molecular weight excluding hydrogens is 214 g/mol. The van der Waals surface area contributed by atoms with E-state index in [2.05, 4.69) is 16.3 Å². The molecule has 0 spiro atoms. The molecule has 92 valence electrons. The summed E-state index contributed by atoms with van der Waals surface area (Å²) in [5.74, 6) is -0.149. The van der Waals surface area contributed by atoms with Crippen molar-refractivity contribution in [1.29, 1.82) is 0 Å². The van der Waals surface area contributed by atoms with Crippen LogP contribution in [-0.4, -0.2) is 25.0 Å². The summed E-state index contributed by atoms with van der Waals surface area (Å²) < 4.78 is 0. The normalized spacial score (nSPS) is 16.9. The largest absolute Gasteiger partial charge is 0.371 e. The summed E-state index contributed by atoms with van der Waals surface area (Å²) in [6, 6.07) is 7.45. The van der Waals surface area contributed by atoms with E-state index in [4.69, 9.17) is 5.73 Å². The van der Waals surface area contributed by atoms with Crippen molar-refractivity contribution in [2.75, 3.05) is 23.3 Å². The third-order valence-corrected chi connectivity index (χ3v) is 3.00. The van der Waals surface area contributed by atoms with E-state index in [1.807, 2.05) is 18.2 Å². The van der Waals surface area contributed by atoms with Gasteiger partial charge in [-0.2, -0.15) is 0 Å². The van der Waals surface area contributed by atoms with E-state index in [1.165, 1.54) is 18.5 Å². The van der Waals surface area contributed by atoms with Gasteiger partial charge in [0.05, 0.1) is 6.04 Å². The summed E-state index contributed by atoms with van der Waals surface area (Å²) in [6.07, 6.45) is 2.49. The van der Waals surface area contributed by atoms with E-state index >= 15 is 0 Å². The number of hydrogen-bond acceptors (Lipinski definition) is 3. The Labute approximate surface area is 102 Å². The Hall–Kier alpha value is -1.55. The van der Waals surface area contributed by atoms with Crippen LogP contribution < -0.4 is 16.0 Å². The molecule has 1 atom stereocenters. The van der Waals surface area contributed by atoms with Crippen molar-refractivity contribution in [3.8, 4) is 0 Å². The van der Waals surface area contributed by atoms with Crippen LogP contribution in [0.15, 0.2) is 24.3 Å². The molecule has 0 saturated carbocycles. The molecule has 1 saturated heterocycles. The van der Waals surface area contributed by atoms with Gasteiger partial charge in [0.2, 0.25) is 5.91 Å². The molecule has 4 nitrogen and oxygen atoms in total. The number of nitrogens with one attached hydrogen (secondary N) is 1. The molecule has 1 aliphatic rings. The first-order chi connectivity index (χ1) is 8.16. The predicted molar refractivity (Wildman–Crippen MR) is 70.2 cm³/mol. The zero-order chi connectivity index (χ0) is 12.3. The number of rotatable bonds is 3. The second-order valence-corrected chi connectivity index (χ2v) is 4.52. The average Bonchev–Trinajstić information content (AvgIpc) is 2.82. The quantitative estimate of drug-likeness (QED) is 0.833. The van der Waals surface area contributed by atoms with E-state index < -0.39 is 6.04 Å². The third-order valence-electron chi connectivity index (χ3n) is 3.00. The number of nitrogens with zero attached hydrogens (tertiary/aromatic N) is 1. The topological polar surface area (TPSA) is 58.4 Å². The Morgan fingerprint density at radius 2 is 2.12 bits per heavy atom. The van der Waals surface area contributed by atoms with Crippen molar-refractivity contribution in [3.63, 3.8) is 0 Å². The van der Waals surface area contributed by atoms with Gasteiger partial charge in [0.1, 0.15) is 0 Å². The van der Waals surface area contributed by atoms with Gasteiger partial charge in [0.25, 0.3) is 0 Å². The van der Waals surface area contributed by atoms with Crippen LogP contribution in [0.2, 0.25) is 0 Å². The molecule has 0 unspecified atom stereocenters. The summed E-state index contributed by atoms with van der Waals surface area (Å²) in [6.45, 7) is 3.88. The molecule has 1 heterocycles. The van der Waals surface area contributed by atoms with Crippen LogP contribution in [0.3, 0.4) is 0 Å². The highest BCUT2D eigenvalue weighted by atomic mass is 16.2. The van der Waals surface area contributed by atoms with Crippen LogP contribution >= 0.6 is 0 Å². The number of nitrogens with two attached hydrogens (primary N) is 1. The van der Waals surface area contributed by atoms with Gasteiger partial charge in [0, 0.05) is 24.5 Å². The lowest BCUT2D eigenvalue weighted by Crippen LogP contribution is -2.32. The summed E-state index contributed by atoms with van der Waals surface area (Å²) in [5, 5.41) is 2.81. The summed E-state index contributed by atoms with van der Waals surface area (Å²) >= 11 is 0. The van der Waals surface area contributed by atoms with Gasteiger partial charge in [-0.3, -0.25) is 4.79 Å². The van der Waals surface area contributed by atoms with Gasteiger partial charge >= 0.3 is 0 Å². The van der Waals surface area contributed by atoms with E-state index in [0.29, 0.717) is 0 Å². The van der Waals surface area contributed by atoms with Crippen LogP contribution in [-0.2, 0) is 4.79 Å². The Morgan fingerprint density at radius 1 is 1.41 bits per heavy atom. The number of hydrogen-bond donors (Lipinski definition) is 2. The second-order valence-electron chi connectivity index (χ2n) is 4.52. The van der Waals surface area contributed by atoms with Gasteiger partial charge in [-0.25, -0.2) is 0 Å². The minimum absolute atomic E-state index is 0.149. The van der Waals surface area contributed by atoms with Crippen LogP contribution in [0.5, 0.6) is 0 Å². The van der Waals surface area contributed by atoms with Crippen molar-refractivity contribution >= 4 is 17.3 Å². The van der Waals surface area contributed by atoms with Crippen LogP contribution in [0.4, 0.5) is 11.4 Å². The summed E-state index contributed by atoms with van der Waals surface area (Å²) in [5.41, 5.74) is 7.51. The highest BCUT2D eigenvalue weighted by Crippen LogP contribution is 2.23. The van der Waals surface area contributed by atoms with E-state index in [9.17, 15) is 4.79 Å². The fourth-order valence-electron chi connectivity index (χ4n) is 2.01. The first-order valence-corrected chi connectivity index (χ1v) is 6.08. The molecule has 17 heavy (non-hydrogen) atoms. The average molecular weight is 233 g/mol. The molecule has 3 N–H and O–H groups in total. The molecule has 1 fully saturated rings. The monoisotopic (exact) mass is 233 g/mol. The zero-order valence-electron chi connectivity index (χ0n) is 10.1. The molecule has 2 rings (SSSR count). The molecule has 1 aromatic rings. The summed E-state index contributed by atoms with van der Waals surface area (Å²) in [4.78, 5) is 13.8. The van der Waals surface area contributed by atoms with Crippen molar-refractivity contribution in [1.82, 2.24) is 0 Å². The number of amides is 1. The maximum Gasteiger partial charge on any atom is 0.240 e. The molecule has 0 bridgehead atoms. The molecule has 4 heteroatoms. The molecule has 1 aromatic carbocycles. The highest BCUT2D eigenvalue weighted by molar-refractivity contribution is 5.94. The lowest BCUT2D eigenvalue weighted by Gasteiger charge is -2.18. The molecule has 0 aliphatic carbocycles. The SMILES string of the molecule is C[C@H](N)C(=O)Nc1cccc(N2CCCC2)c1. The predicted octanol–water partition coefficient (Wildman–Crippen LogP) is 1.57. The maximum atomic E-state index is 11.5. The minimum Gasteiger partial charge on any atom is -0.371 e. The molecule has 0 radical (unpaired) electrons. The Kier molecular flexibility index (Phi) is 3.64. The van der Waals surface area contributed by atoms with Crippen LogP contribution in [0, 0.1) is 0 Å². The fourth-order valence-corrected chi connectivity index (χ4v) is 2.01. The lowest BCUT2D eigenvalue weighted by molar-refractivity contribution is -0.117.